The monoisotopic (exact) mass is 492 g/mol. The third kappa shape index (κ3) is 5.46. The number of anilines is 1. The molecule has 0 spiro atoms. The number of hydrogen-bond donors (Lipinski definition) is 1. The van der Waals surface area contributed by atoms with Crippen LogP contribution in [0, 0.1) is 6.92 Å². The second kappa shape index (κ2) is 8.68. The van der Waals surface area contributed by atoms with Crippen molar-refractivity contribution in [3.63, 3.8) is 0 Å². The number of nitrogens with one attached hydrogen (secondary N) is 1. The zero-order valence-electron chi connectivity index (χ0n) is 13.2. The van der Waals surface area contributed by atoms with E-state index < -0.39 is 0 Å². The summed E-state index contributed by atoms with van der Waals surface area (Å²) in [5.74, 6) is -0.0946. The molecule has 0 unspecified atom stereocenters. The van der Waals surface area contributed by atoms with Crippen LogP contribution in [0.25, 0.3) is 0 Å². The lowest BCUT2D eigenvalue weighted by Gasteiger charge is -2.18. The third-order valence-electron chi connectivity index (χ3n) is 3.30. The third-order valence-corrected chi connectivity index (χ3v) is 5.29. The Kier molecular flexibility index (Phi) is 7.13. The van der Waals surface area contributed by atoms with Gasteiger partial charge in [0.05, 0.1) is 22.3 Å². The van der Waals surface area contributed by atoms with E-state index in [-0.39, 0.29) is 12.5 Å². The summed E-state index contributed by atoms with van der Waals surface area (Å²) in [4.78, 5) is 14.2. The Morgan fingerprint density at radius 3 is 2.33 bits per heavy atom. The number of amides is 1. The lowest BCUT2D eigenvalue weighted by Crippen LogP contribution is -2.30. The van der Waals surface area contributed by atoms with Crippen LogP contribution in [0.15, 0.2) is 39.3 Å². The Morgan fingerprint density at radius 1 is 1.12 bits per heavy atom. The number of carbonyl (C=O) groups excluding carboxylic acids is 1. The van der Waals surface area contributed by atoms with Gasteiger partial charge in [-0.15, -0.1) is 0 Å². The van der Waals surface area contributed by atoms with Crippen molar-refractivity contribution in [3.8, 4) is 0 Å². The Bertz CT molecular complexity index is 745. The van der Waals surface area contributed by atoms with Crippen molar-refractivity contribution in [1.82, 2.24) is 4.90 Å². The molecule has 0 atom stereocenters. The van der Waals surface area contributed by atoms with Crippen LogP contribution in [-0.2, 0) is 11.3 Å². The lowest BCUT2D eigenvalue weighted by atomic mass is 10.2. The molecule has 0 aromatic heterocycles. The minimum absolute atomic E-state index is 0.0946. The largest absolute Gasteiger partial charge is 0.323 e. The number of benzene rings is 2. The molecule has 0 saturated heterocycles. The molecule has 3 nitrogen and oxygen atoms in total. The summed E-state index contributed by atoms with van der Waals surface area (Å²) in [5, 5.41) is 3.96. The van der Waals surface area contributed by atoms with Crippen LogP contribution in [0.3, 0.4) is 0 Å². The molecule has 2 aromatic rings. The van der Waals surface area contributed by atoms with Gasteiger partial charge in [0.2, 0.25) is 5.91 Å². The predicted octanol–water partition coefficient (Wildman–Crippen LogP) is 5.90. The quantitative estimate of drug-likeness (QED) is 0.561. The van der Waals surface area contributed by atoms with E-state index in [0.29, 0.717) is 16.6 Å². The van der Waals surface area contributed by atoms with Crippen molar-refractivity contribution in [2.75, 3.05) is 18.9 Å². The molecule has 0 bridgehead atoms. The second-order valence-electron chi connectivity index (χ2n) is 5.57. The minimum atomic E-state index is -0.0946. The van der Waals surface area contributed by atoms with E-state index in [9.17, 15) is 4.79 Å². The van der Waals surface area contributed by atoms with Crippen LogP contribution in [0.4, 0.5) is 5.69 Å². The highest BCUT2D eigenvalue weighted by atomic mass is 79.9. The van der Waals surface area contributed by atoms with Crippen LogP contribution in [0.1, 0.15) is 11.1 Å². The number of aryl methyl sites for hydroxylation is 1. The van der Waals surface area contributed by atoms with Crippen molar-refractivity contribution in [3.05, 3.63) is 60.4 Å². The maximum atomic E-state index is 12.3. The minimum Gasteiger partial charge on any atom is -0.323 e. The number of likely N-dealkylation sites (N-methyl/N-ethyl adjacent to an activating group) is 1. The molecule has 2 rings (SSSR count). The molecule has 0 heterocycles. The summed E-state index contributed by atoms with van der Waals surface area (Å²) >= 11 is 18.9. The van der Waals surface area contributed by atoms with E-state index in [0.717, 1.165) is 25.8 Å². The topological polar surface area (TPSA) is 32.3 Å². The van der Waals surface area contributed by atoms with Gasteiger partial charge < -0.3 is 5.32 Å². The van der Waals surface area contributed by atoms with Gasteiger partial charge in [-0.3, -0.25) is 9.69 Å². The first-order valence-electron chi connectivity index (χ1n) is 7.14. The molecular formula is C17H16Br2Cl2N2O. The maximum Gasteiger partial charge on any atom is 0.238 e. The fourth-order valence-electron chi connectivity index (χ4n) is 2.25. The van der Waals surface area contributed by atoms with E-state index in [2.05, 4.69) is 37.2 Å². The number of halogens is 4. The Morgan fingerprint density at radius 2 is 1.75 bits per heavy atom. The molecule has 24 heavy (non-hydrogen) atoms. The normalized spacial score (nSPS) is 11.0. The van der Waals surface area contributed by atoms with Crippen molar-refractivity contribution in [2.45, 2.75) is 13.5 Å². The van der Waals surface area contributed by atoms with Gasteiger partial charge in [-0.05, 0) is 81.2 Å². The van der Waals surface area contributed by atoms with Gasteiger partial charge in [-0.2, -0.15) is 0 Å². The summed E-state index contributed by atoms with van der Waals surface area (Å²) in [6.07, 6.45) is 0. The van der Waals surface area contributed by atoms with Crippen molar-refractivity contribution < 1.29 is 4.79 Å². The van der Waals surface area contributed by atoms with Gasteiger partial charge in [0, 0.05) is 15.5 Å². The molecule has 0 aliphatic carbocycles. The summed E-state index contributed by atoms with van der Waals surface area (Å²) in [6.45, 7) is 2.85. The number of carbonyl (C=O) groups is 1. The molecule has 0 fully saturated rings. The zero-order valence-corrected chi connectivity index (χ0v) is 17.9. The molecule has 1 amide bonds. The van der Waals surface area contributed by atoms with Crippen LogP contribution in [0.5, 0.6) is 0 Å². The first kappa shape index (κ1) is 19.7. The number of rotatable bonds is 5. The van der Waals surface area contributed by atoms with E-state index in [4.69, 9.17) is 23.2 Å². The first-order chi connectivity index (χ1) is 11.3. The van der Waals surface area contributed by atoms with E-state index in [1.54, 1.807) is 6.07 Å². The number of nitrogens with zero attached hydrogens (tertiary/aromatic N) is 1. The summed E-state index contributed by atoms with van der Waals surface area (Å²) in [7, 11) is 1.88. The molecule has 1 N–H and O–H groups in total. The molecule has 7 heteroatoms. The fourth-order valence-corrected chi connectivity index (χ4v) is 4.18. The van der Waals surface area contributed by atoms with Gasteiger partial charge in [-0.1, -0.05) is 29.3 Å². The fraction of sp³-hybridized carbons (Fsp3) is 0.235. The van der Waals surface area contributed by atoms with E-state index in [1.165, 1.54) is 0 Å². The van der Waals surface area contributed by atoms with Crippen molar-refractivity contribution in [1.29, 1.82) is 0 Å². The second-order valence-corrected chi connectivity index (χ2v) is 8.10. The van der Waals surface area contributed by atoms with Gasteiger partial charge in [0.1, 0.15) is 0 Å². The zero-order chi connectivity index (χ0) is 17.9. The molecule has 0 aliphatic rings. The van der Waals surface area contributed by atoms with Crippen LogP contribution < -0.4 is 5.32 Å². The van der Waals surface area contributed by atoms with Crippen molar-refractivity contribution in [2.24, 2.45) is 0 Å². The maximum absolute atomic E-state index is 12.3. The molecule has 2 aromatic carbocycles. The molecule has 128 valence electrons. The van der Waals surface area contributed by atoms with Crippen LogP contribution in [-0.4, -0.2) is 24.4 Å². The van der Waals surface area contributed by atoms with Crippen LogP contribution in [0.2, 0.25) is 10.0 Å². The molecular weight excluding hydrogens is 479 g/mol. The van der Waals surface area contributed by atoms with Gasteiger partial charge in [0.25, 0.3) is 0 Å². The Hall–Kier alpha value is -0.590. The van der Waals surface area contributed by atoms with Crippen LogP contribution >= 0.6 is 55.1 Å². The average molecular weight is 495 g/mol. The summed E-state index contributed by atoms with van der Waals surface area (Å²) in [5.41, 5.74) is 2.83. The average Bonchev–Trinajstić information content (AvgIpc) is 2.46. The predicted molar refractivity (Wildman–Crippen MR) is 108 cm³/mol. The van der Waals surface area contributed by atoms with E-state index in [1.807, 2.05) is 43.1 Å². The Balaban J connectivity index is 1.98. The highest BCUT2D eigenvalue weighted by molar-refractivity contribution is 9.11. The first-order valence-corrected chi connectivity index (χ1v) is 9.48. The van der Waals surface area contributed by atoms with Gasteiger partial charge >= 0.3 is 0 Å². The number of hydrogen-bond acceptors (Lipinski definition) is 2. The smallest absolute Gasteiger partial charge is 0.238 e. The van der Waals surface area contributed by atoms with Crippen molar-refractivity contribution >= 4 is 66.7 Å². The SMILES string of the molecule is Cc1cc(Br)c(NC(=O)CN(C)Cc2ccc(Cl)c(Cl)c2)c(Br)c1. The Labute approximate surface area is 168 Å². The molecule has 0 saturated carbocycles. The summed E-state index contributed by atoms with van der Waals surface area (Å²) in [6, 6.07) is 9.38. The summed E-state index contributed by atoms with van der Waals surface area (Å²) < 4.78 is 1.68. The van der Waals surface area contributed by atoms with Gasteiger partial charge in [-0.25, -0.2) is 0 Å². The highest BCUT2D eigenvalue weighted by Gasteiger charge is 2.12. The molecule has 0 radical (unpaired) electrons. The highest BCUT2D eigenvalue weighted by Crippen LogP contribution is 2.32. The molecule has 0 aliphatic heterocycles. The van der Waals surface area contributed by atoms with E-state index >= 15 is 0 Å². The van der Waals surface area contributed by atoms with Gasteiger partial charge in [0.15, 0.2) is 0 Å². The standard InChI is InChI=1S/C17H16Br2Cl2N2O/c1-10-5-12(18)17(13(19)6-10)22-16(24)9-23(2)8-11-3-4-14(20)15(21)7-11/h3-7H,8-9H2,1-2H3,(H,22,24). The lowest BCUT2D eigenvalue weighted by molar-refractivity contribution is -0.117.